The Labute approximate surface area is 204 Å². The summed E-state index contributed by atoms with van der Waals surface area (Å²) in [5, 5.41) is 2.93. The second kappa shape index (κ2) is 12.6. The van der Waals surface area contributed by atoms with Crippen LogP contribution in [0.3, 0.4) is 0 Å². The smallest absolute Gasteiger partial charge is 0.244 e. The SMILES string of the molecule is CCCCNC(=O)C(CC)N(Cc1ccccc1C)C(=O)CN(c1cccc(C)c1)S(C)(=O)=O. The summed E-state index contributed by atoms with van der Waals surface area (Å²) in [4.78, 5) is 28.2. The number of carbonyl (C=O) groups is 2. The lowest BCUT2D eigenvalue weighted by Gasteiger charge is -2.33. The maximum Gasteiger partial charge on any atom is 0.244 e. The number of nitrogens with zero attached hydrogens (tertiary/aromatic N) is 2. The van der Waals surface area contributed by atoms with E-state index in [-0.39, 0.29) is 19.0 Å². The summed E-state index contributed by atoms with van der Waals surface area (Å²) in [5.74, 6) is -0.646. The third-order valence-corrected chi connectivity index (χ3v) is 6.93. The van der Waals surface area contributed by atoms with Crippen molar-refractivity contribution in [3.05, 3.63) is 65.2 Å². The van der Waals surface area contributed by atoms with Crippen molar-refractivity contribution in [1.82, 2.24) is 10.2 Å². The summed E-state index contributed by atoms with van der Waals surface area (Å²) in [5.41, 5.74) is 3.22. The van der Waals surface area contributed by atoms with Crippen molar-refractivity contribution in [1.29, 1.82) is 0 Å². The fourth-order valence-electron chi connectivity index (χ4n) is 3.79. The number of unbranched alkanes of at least 4 members (excludes halogenated alkanes) is 1. The molecule has 186 valence electrons. The van der Waals surface area contributed by atoms with Crippen molar-refractivity contribution in [2.45, 2.75) is 59.5 Å². The second-order valence-electron chi connectivity index (χ2n) is 8.63. The standard InChI is InChI=1S/C26H37N3O4S/c1-6-8-16-27-26(31)24(7-2)28(18-22-14-10-9-13-21(22)4)25(30)19-29(34(5,32)33)23-15-11-12-20(3)17-23/h9-15,17,24H,6-8,16,18-19H2,1-5H3,(H,27,31). The lowest BCUT2D eigenvalue weighted by molar-refractivity contribution is -0.140. The van der Waals surface area contributed by atoms with Crippen molar-refractivity contribution in [3.63, 3.8) is 0 Å². The van der Waals surface area contributed by atoms with Gasteiger partial charge in [-0.3, -0.25) is 13.9 Å². The molecule has 0 aliphatic heterocycles. The van der Waals surface area contributed by atoms with Crippen LogP contribution in [0.4, 0.5) is 5.69 Å². The van der Waals surface area contributed by atoms with Gasteiger partial charge in [0, 0.05) is 13.1 Å². The average molecular weight is 488 g/mol. The Morgan fingerprint density at radius 2 is 1.74 bits per heavy atom. The van der Waals surface area contributed by atoms with Gasteiger partial charge in [-0.1, -0.05) is 56.7 Å². The van der Waals surface area contributed by atoms with E-state index in [2.05, 4.69) is 5.32 Å². The molecule has 2 amide bonds. The molecule has 1 N–H and O–H groups in total. The highest BCUT2D eigenvalue weighted by molar-refractivity contribution is 7.92. The molecule has 2 rings (SSSR count). The number of aryl methyl sites for hydroxylation is 2. The monoisotopic (exact) mass is 487 g/mol. The van der Waals surface area contributed by atoms with E-state index >= 15 is 0 Å². The van der Waals surface area contributed by atoms with Crippen LogP contribution >= 0.6 is 0 Å². The van der Waals surface area contributed by atoms with Gasteiger partial charge < -0.3 is 10.2 Å². The number of benzene rings is 2. The summed E-state index contributed by atoms with van der Waals surface area (Å²) in [7, 11) is -3.73. The van der Waals surface area contributed by atoms with E-state index in [1.54, 1.807) is 18.2 Å². The summed E-state index contributed by atoms with van der Waals surface area (Å²) in [6, 6.07) is 14.0. The Bertz CT molecular complexity index is 1080. The highest BCUT2D eigenvalue weighted by Crippen LogP contribution is 2.21. The zero-order valence-electron chi connectivity index (χ0n) is 20.9. The highest BCUT2D eigenvalue weighted by Gasteiger charge is 2.31. The average Bonchev–Trinajstić information content (AvgIpc) is 2.77. The van der Waals surface area contributed by atoms with Gasteiger partial charge in [0.05, 0.1) is 11.9 Å². The molecule has 0 spiro atoms. The molecule has 1 unspecified atom stereocenters. The van der Waals surface area contributed by atoms with E-state index < -0.39 is 22.0 Å². The van der Waals surface area contributed by atoms with E-state index in [1.165, 1.54) is 4.90 Å². The van der Waals surface area contributed by atoms with Gasteiger partial charge in [-0.25, -0.2) is 8.42 Å². The summed E-state index contributed by atoms with van der Waals surface area (Å²) in [6.07, 6.45) is 3.30. The lowest BCUT2D eigenvalue weighted by atomic mass is 10.1. The Morgan fingerprint density at radius 3 is 2.32 bits per heavy atom. The van der Waals surface area contributed by atoms with Gasteiger partial charge in [0.2, 0.25) is 21.8 Å². The molecule has 2 aromatic rings. The quantitative estimate of drug-likeness (QED) is 0.462. The van der Waals surface area contributed by atoms with Gasteiger partial charge in [-0.05, 0) is 55.5 Å². The van der Waals surface area contributed by atoms with Crippen LogP contribution in [0.15, 0.2) is 48.5 Å². The summed E-state index contributed by atoms with van der Waals surface area (Å²) in [6.45, 7) is 8.10. The third kappa shape index (κ3) is 7.58. The maximum absolute atomic E-state index is 13.6. The first-order valence-corrected chi connectivity index (χ1v) is 13.6. The first-order valence-electron chi connectivity index (χ1n) is 11.7. The molecule has 0 bridgehead atoms. The number of hydrogen-bond acceptors (Lipinski definition) is 4. The van der Waals surface area contributed by atoms with Crippen LogP contribution in [0.5, 0.6) is 0 Å². The molecule has 34 heavy (non-hydrogen) atoms. The van der Waals surface area contributed by atoms with Crippen LogP contribution in [0.25, 0.3) is 0 Å². The largest absolute Gasteiger partial charge is 0.354 e. The highest BCUT2D eigenvalue weighted by atomic mass is 32.2. The zero-order chi connectivity index (χ0) is 25.3. The third-order valence-electron chi connectivity index (χ3n) is 5.79. The number of rotatable bonds is 12. The molecule has 0 aromatic heterocycles. The molecule has 7 nitrogen and oxygen atoms in total. The number of carbonyl (C=O) groups excluding carboxylic acids is 2. The minimum Gasteiger partial charge on any atom is -0.354 e. The molecule has 0 radical (unpaired) electrons. The molecule has 0 heterocycles. The minimum atomic E-state index is -3.73. The van der Waals surface area contributed by atoms with E-state index in [0.29, 0.717) is 18.7 Å². The Morgan fingerprint density at radius 1 is 1.03 bits per heavy atom. The van der Waals surface area contributed by atoms with Gasteiger partial charge >= 0.3 is 0 Å². The minimum absolute atomic E-state index is 0.219. The predicted molar refractivity (Wildman–Crippen MR) is 137 cm³/mol. The van der Waals surface area contributed by atoms with E-state index in [0.717, 1.165) is 40.1 Å². The molecule has 0 aliphatic rings. The Hall–Kier alpha value is -2.87. The molecule has 0 fully saturated rings. The van der Waals surface area contributed by atoms with E-state index in [1.807, 2.05) is 58.0 Å². The fraction of sp³-hybridized carbons (Fsp3) is 0.462. The van der Waals surface area contributed by atoms with Gasteiger partial charge in [0.25, 0.3) is 0 Å². The fourth-order valence-corrected chi connectivity index (χ4v) is 4.63. The maximum atomic E-state index is 13.6. The summed E-state index contributed by atoms with van der Waals surface area (Å²) >= 11 is 0. The molecule has 0 saturated heterocycles. The predicted octanol–water partition coefficient (Wildman–Crippen LogP) is 3.79. The summed E-state index contributed by atoms with van der Waals surface area (Å²) < 4.78 is 26.4. The van der Waals surface area contributed by atoms with E-state index in [9.17, 15) is 18.0 Å². The van der Waals surface area contributed by atoms with Crippen LogP contribution in [-0.2, 0) is 26.2 Å². The number of nitrogens with one attached hydrogen (secondary N) is 1. The van der Waals surface area contributed by atoms with Gasteiger partial charge in [0.15, 0.2) is 0 Å². The zero-order valence-corrected chi connectivity index (χ0v) is 21.7. The molecule has 1 atom stereocenters. The lowest BCUT2D eigenvalue weighted by Crippen LogP contribution is -2.52. The van der Waals surface area contributed by atoms with Crippen molar-refractivity contribution in [3.8, 4) is 0 Å². The number of hydrogen-bond donors (Lipinski definition) is 1. The van der Waals surface area contributed by atoms with Crippen molar-refractivity contribution in [2.24, 2.45) is 0 Å². The Kier molecular flexibility index (Phi) is 10.1. The molecule has 8 heteroatoms. The van der Waals surface area contributed by atoms with Crippen LogP contribution in [-0.4, -0.2) is 50.5 Å². The number of sulfonamides is 1. The van der Waals surface area contributed by atoms with Crippen LogP contribution in [0, 0.1) is 13.8 Å². The van der Waals surface area contributed by atoms with Crippen molar-refractivity contribution in [2.75, 3.05) is 23.7 Å². The second-order valence-corrected chi connectivity index (χ2v) is 10.5. The first kappa shape index (κ1) is 27.4. The van der Waals surface area contributed by atoms with Gasteiger partial charge in [-0.15, -0.1) is 0 Å². The van der Waals surface area contributed by atoms with Crippen LogP contribution in [0.2, 0.25) is 0 Å². The van der Waals surface area contributed by atoms with Crippen LogP contribution in [0.1, 0.15) is 49.8 Å². The molecular formula is C26H37N3O4S. The van der Waals surface area contributed by atoms with E-state index in [4.69, 9.17) is 0 Å². The first-order chi connectivity index (χ1) is 16.1. The molecule has 2 aromatic carbocycles. The van der Waals surface area contributed by atoms with Crippen molar-refractivity contribution < 1.29 is 18.0 Å². The van der Waals surface area contributed by atoms with Gasteiger partial charge in [0.1, 0.15) is 12.6 Å². The Balaban J connectivity index is 2.41. The molecule has 0 aliphatic carbocycles. The van der Waals surface area contributed by atoms with Gasteiger partial charge in [-0.2, -0.15) is 0 Å². The molecule has 0 saturated carbocycles. The number of amides is 2. The normalized spacial score (nSPS) is 12.1. The topological polar surface area (TPSA) is 86.8 Å². The van der Waals surface area contributed by atoms with Crippen molar-refractivity contribution >= 4 is 27.5 Å². The number of anilines is 1. The van der Waals surface area contributed by atoms with Crippen LogP contribution < -0.4 is 9.62 Å². The molecular weight excluding hydrogens is 450 g/mol.